The fourth-order valence-electron chi connectivity index (χ4n) is 2.53. The highest BCUT2D eigenvalue weighted by atomic mass is 79.9. The molecule has 0 radical (unpaired) electrons. The molecular weight excluding hydrogens is 404 g/mol. The number of hydrogen-bond donors (Lipinski definition) is 1. The molecule has 1 heterocycles. The average Bonchev–Trinajstić information content (AvgIpc) is 3.27. The van der Waals surface area contributed by atoms with Crippen molar-refractivity contribution in [3.8, 4) is 0 Å². The van der Waals surface area contributed by atoms with E-state index in [0.29, 0.717) is 20.9 Å². The van der Waals surface area contributed by atoms with Gasteiger partial charge in [-0.2, -0.15) is 5.10 Å². The lowest BCUT2D eigenvalue weighted by molar-refractivity contribution is -0.117. The highest BCUT2D eigenvalue weighted by Gasteiger charge is 2.34. The maximum absolute atomic E-state index is 13.1. The van der Waals surface area contributed by atoms with Gasteiger partial charge in [0.15, 0.2) is 0 Å². The van der Waals surface area contributed by atoms with Crippen molar-refractivity contribution in [3.63, 3.8) is 0 Å². The van der Waals surface area contributed by atoms with E-state index in [1.54, 1.807) is 18.2 Å². The second-order valence-electron chi connectivity index (χ2n) is 5.82. The summed E-state index contributed by atoms with van der Waals surface area (Å²) in [6.07, 6.45) is -0.847. The second kappa shape index (κ2) is 6.80. The topological polar surface area (TPSA) is 46.9 Å². The molecule has 2 aromatic rings. The highest BCUT2D eigenvalue weighted by molar-refractivity contribution is 9.10. The Morgan fingerprint density at radius 1 is 1.50 bits per heavy atom. The maximum atomic E-state index is 13.1. The fourth-order valence-corrected chi connectivity index (χ4v) is 3.49. The summed E-state index contributed by atoms with van der Waals surface area (Å²) < 4.78 is 27.8. The molecule has 24 heavy (non-hydrogen) atoms. The van der Waals surface area contributed by atoms with Gasteiger partial charge in [-0.1, -0.05) is 17.7 Å². The van der Waals surface area contributed by atoms with Crippen LogP contribution in [0.25, 0.3) is 0 Å². The van der Waals surface area contributed by atoms with Gasteiger partial charge in [0.05, 0.1) is 10.2 Å². The molecule has 4 nitrogen and oxygen atoms in total. The maximum Gasteiger partial charge on any atom is 0.283 e. The van der Waals surface area contributed by atoms with E-state index in [1.807, 2.05) is 6.92 Å². The Hall–Kier alpha value is -1.47. The van der Waals surface area contributed by atoms with E-state index >= 15 is 0 Å². The lowest BCUT2D eigenvalue weighted by atomic mass is 10.2. The Morgan fingerprint density at radius 3 is 2.83 bits per heavy atom. The van der Waals surface area contributed by atoms with Crippen molar-refractivity contribution in [2.45, 2.75) is 38.7 Å². The molecule has 0 aliphatic heterocycles. The van der Waals surface area contributed by atoms with E-state index in [0.717, 1.165) is 18.4 Å². The first-order chi connectivity index (χ1) is 11.4. The van der Waals surface area contributed by atoms with Crippen LogP contribution < -0.4 is 5.32 Å². The highest BCUT2D eigenvalue weighted by Crippen LogP contribution is 2.45. The van der Waals surface area contributed by atoms with Gasteiger partial charge in [0, 0.05) is 16.6 Å². The number of carbonyl (C=O) groups excluding carboxylic acids is 1. The molecule has 0 atom stereocenters. The van der Waals surface area contributed by atoms with Crippen LogP contribution in [0.5, 0.6) is 0 Å². The fraction of sp³-hybridized carbons (Fsp3) is 0.375. The van der Waals surface area contributed by atoms with E-state index in [-0.39, 0.29) is 24.1 Å². The van der Waals surface area contributed by atoms with Gasteiger partial charge in [-0.15, -0.1) is 0 Å². The number of amides is 1. The first-order valence-electron chi connectivity index (χ1n) is 7.47. The van der Waals surface area contributed by atoms with Crippen molar-refractivity contribution < 1.29 is 13.6 Å². The summed E-state index contributed by atoms with van der Waals surface area (Å²) in [6, 6.07) is 5.18. The molecule has 0 saturated heterocycles. The van der Waals surface area contributed by atoms with E-state index in [4.69, 9.17) is 11.6 Å². The molecule has 1 aliphatic carbocycles. The minimum Gasteiger partial charge on any atom is -0.324 e. The van der Waals surface area contributed by atoms with E-state index in [1.165, 1.54) is 4.68 Å². The van der Waals surface area contributed by atoms with Gasteiger partial charge in [-0.3, -0.25) is 9.48 Å². The minimum atomic E-state index is -2.68. The Kier molecular flexibility index (Phi) is 4.92. The summed E-state index contributed by atoms with van der Waals surface area (Å²) in [7, 11) is 0. The lowest BCUT2D eigenvalue weighted by Crippen LogP contribution is -2.21. The average molecular weight is 419 g/mol. The Bertz CT molecular complexity index is 790. The molecule has 0 unspecified atom stereocenters. The van der Waals surface area contributed by atoms with Gasteiger partial charge in [0.25, 0.3) is 6.43 Å². The number of rotatable bonds is 5. The predicted octanol–water partition coefficient (Wildman–Crippen LogP) is 5.06. The van der Waals surface area contributed by atoms with Crippen molar-refractivity contribution in [3.05, 3.63) is 44.6 Å². The molecule has 8 heteroatoms. The first-order valence-corrected chi connectivity index (χ1v) is 8.64. The molecule has 0 bridgehead atoms. The van der Waals surface area contributed by atoms with Crippen LogP contribution in [-0.4, -0.2) is 15.7 Å². The third-order valence-electron chi connectivity index (χ3n) is 3.89. The van der Waals surface area contributed by atoms with Crippen molar-refractivity contribution in [1.29, 1.82) is 0 Å². The van der Waals surface area contributed by atoms with Crippen molar-refractivity contribution >= 4 is 39.1 Å². The molecule has 1 N–H and O–H groups in total. The summed E-state index contributed by atoms with van der Waals surface area (Å²) >= 11 is 9.14. The molecule has 1 saturated carbocycles. The van der Waals surface area contributed by atoms with Crippen LogP contribution in [-0.2, 0) is 11.3 Å². The van der Waals surface area contributed by atoms with Gasteiger partial charge in [0.2, 0.25) is 5.91 Å². The van der Waals surface area contributed by atoms with Gasteiger partial charge >= 0.3 is 0 Å². The molecule has 1 aromatic carbocycles. The number of benzene rings is 1. The smallest absolute Gasteiger partial charge is 0.283 e. The first kappa shape index (κ1) is 17.4. The lowest BCUT2D eigenvalue weighted by Gasteiger charge is -2.10. The molecule has 1 fully saturated rings. The molecule has 1 aliphatic rings. The third-order valence-corrected chi connectivity index (χ3v) is 4.94. The monoisotopic (exact) mass is 417 g/mol. The Labute approximate surface area is 151 Å². The molecular formula is C16H15BrClF2N3O. The second-order valence-corrected chi connectivity index (χ2v) is 7.05. The summed E-state index contributed by atoms with van der Waals surface area (Å²) in [5, 5.41) is 7.19. The zero-order valence-corrected chi connectivity index (χ0v) is 15.2. The SMILES string of the molecule is Cc1ccc(Cl)cc1NC(=O)Cn1nc(C(F)F)c(Br)c1C1CC1. The Balaban J connectivity index is 1.81. The normalized spacial score (nSPS) is 14.2. The molecule has 1 amide bonds. The number of aryl methyl sites for hydroxylation is 1. The summed E-state index contributed by atoms with van der Waals surface area (Å²) in [5.41, 5.74) is 1.82. The summed E-state index contributed by atoms with van der Waals surface area (Å²) in [5.74, 6) is -0.154. The zero-order chi connectivity index (χ0) is 17.4. The quantitative estimate of drug-likeness (QED) is 0.737. The van der Waals surface area contributed by atoms with Crippen LogP contribution in [0, 0.1) is 6.92 Å². The number of alkyl halides is 2. The van der Waals surface area contributed by atoms with Crippen molar-refractivity contribution in [1.82, 2.24) is 9.78 Å². The molecule has 1 aromatic heterocycles. The minimum absolute atomic E-state index is 0.122. The molecule has 3 rings (SSSR count). The van der Waals surface area contributed by atoms with Crippen molar-refractivity contribution in [2.75, 3.05) is 5.32 Å². The number of aromatic nitrogens is 2. The number of anilines is 1. The van der Waals surface area contributed by atoms with E-state index < -0.39 is 6.43 Å². The van der Waals surface area contributed by atoms with Crippen molar-refractivity contribution in [2.24, 2.45) is 0 Å². The standard InChI is InChI=1S/C16H15BrClF2N3O/c1-8-2-5-10(18)6-11(8)21-12(24)7-23-15(9-3-4-9)13(17)14(22-23)16(19)20/h2,5-6,9,16H,3-4,7H2,1H3,(H,21,24). The summed E-state index contributed by atoms with van der Waals surface area (Å²) in [6.45, 7) is 1.73. The van der Waals surface area contributed by atoms with Gasteiger partial charge in [-0.25, -0.2) is 8.78 Å². The van der Waals surface area contributed by atoms with Crippen LogP contribution >= 0.6 is 27.5 Å². The van der Waals surface area contributed by atoms with E-state index in [2.05, 4.69) is 26.3 Å². The number of carbonyl (C=O) groups is 1. The van der Waals surface area contributed by atoms with Crippen LogP contribution in [0.15, 0.2) is 22.7 Å². The Morgan fingerprint density at radius 2 is 2.21 bits per heavy atom. The van der Waals surface area contributed by atoms with Gasteiger partial charge in [-0.05, 0) is 53.4 Å². The van der Waals surface area contributed by atoms with Crippen LogP contribution in [0.4, 0.5) is 14.5 Å². The number of nitrogens with zero attached hydrogens (tertiary/aromatic N) is 2. The van der Waals surface area contributed by atoms with Crippen LogP contribution in [0.1, 0.15) is 42.1 Å². The van der Waals surface area contributed by atoms with Gasteiger partial charge < -0.3 is 5.32 Å². The number of hydrogen-bond acceptors (Lipinski definition) is 2. The van der Waals surface area contributed by atoms with Crippen LogP contribution in [0.2, 0.25) is 5.02 Å². The largest absolute Gasteiger partial charge is 0.324 e. The number of nitrogens with one attached hydrogen (secondary N) is 1. The summed E-state index contributed by atoms with van der Waals surface area (Å²) in [4.78, 5) is 12.3. The number of halogens is 4. The van der Waals surface area contributed by atoms with Gasteiger partial charge in [0.1, 0.15) is 12.2 Å². The predicted molar refractivity (Wildman–Crippen MR) is 91.7 cm³/mol. The van der Waals surface area contributed by atoms with Crippen LogP contribution in [0.3, 0.4) is 0 Å². The molecule has 0 spiro atoms. The molecule has 128 valence electrons. The van der Waals surface area contributed by atoms with E-state index in [9.17, 15) is 13.6 Å². The zero-order valence-electron chi connectivity index (χ0n) is 12.8. The third kappa shape index (κ3) is 3.62.